The van der Waals surface area contributed by atoms with Crippen molar-refractivity contribution in [1.29, 1.82) is 0 Å². The second-order valence-electron chi connectivity index (χ2n) is 6.39. The monoisotopic (exact) mass is 370 g/mol. The van der Waals surface area contributed by atoms with E-state index >= 15 is 0 Å². The molecule has 0 radical (unpaired) electrons. The van der Waals surface area contributed by atoms with Crippen LogP contribution in [0.15, 0.2) is 41.1 Å². The third-order valence-electron chi connectivity index (χ3n) is 4.58. The van der Waals surface area contributed by atoms with Gasteiger partial charge in [0.15, 0.2) is 0 Å². The molecule has 138 valence electrons. The first-order chi connectivity index (χ1) is 13.0. The van der Waals surface area contributed by atoms with E-state index in [4.69, 9.17) is 4.52 Å². The summed E-state index contributed by atoms with van der Waals surface area (Å²) in [7, 11) is 0. The Kier molecular flexibility index (Phi) is 4.39. The van der Waals surface area contributed by atoms with Crippen molar-refractivity contribution in [1.82, 2.24) is 20.4 Å². The number of pyridine rings is 1. The molecule has 0 spiro atoms. The van der Waals surface area contributed by atoms with Gasteiger partial charge in [-0.2, -0.15) is 4.98 Å². The van der Waals surface area contributed by atoms with Crippen LogP contribution in [-0.2, 0) is 6.42 Å². The first kappa shape index (κ1) is 17.3. The zero-order valence-electron chi connectivity index (χ0n) is 14.4. The fourth-order valence-corrected chi connectivity index (χ4v) is 3.27. The van der Waals surface area contributed by atoms with Crippen molar-refractivity contribution in [3.63, 3.8) is 0 Å². The van der Waals surface area contributed by atoms with E-state index in [1.165, 1.54) is 12.3 Å². The predicted octanol–water partition coefficient (Wildman–Crippen LogP) is 3.79. The molecule has 2 heterocycles. The van der Waals surface area contributed by atoms with Crippen LogP contribution < -0.4 is 5.32 Å². The summed E-state index contributed by atoms with van der Waals surface area (Å²) in [6.45, 7) is 1.73. The van der Waals surface area contributed by atoms with Crippen molar-refractivity contribution in [2.75, 3.05) is 0 Å². The lowest BCUT2D eigenvalue weighted by atomic mass is 10.0. The van der Waals surface area contributed by atoms with E-state index in [1.54, 1.807) is 6.92 Å². The summed E-state index contributed by atoms with van der Waals surface area (Å²) in [5, 5.41) is 6.84. The van der Waals surface area contributed by atoms with Gasteiger partial charge in [-0.1, -0.05) is 17.3 Å². The minimum Gasteiger partial charge on any atom is -0.345 e. The van der Waals surface area contributed by atoms with Gasteiger partial charge in [-0.15, -0.1) is 0 Å². The molecule has 1 aliphatic carbocycles. The molecule has 0 bridgehead atoms. The van der Waals surface area contributed by atoms with Gasteiger partial charge in [-0.05, 0) is 42.2 Å². The SMILES string of the molecule is Cc1nc(-c2ccc3c(c2)CCC3NC(=O)c2ccnc(C(F)F)c2)no1. The zero-order chi connectivity index (χ0) is 19.0. The van der Waals surface area contributed by atoms with Crippen molar-refractivity contribution < 1.29 is 18.1 Å². The number of rotatable bonds is 4. The fraction of sp³-hybridized carbons (Fsp3) is 0.263. The molecule has 1 amide bonds. The molecule has 1 unspecified atom stereocenters. The molecule has 1 N–H and O–H groups in total. The first-order valence-electron chi connectivity index (χ1n) is 8.50. The maximum absolute atomic E-state index is 12.8. The number of aryl methyl sites for hydroxylation is 2. The summed E-state index contributed by atoms with van der Waals surface area (Å²) < 4.78 is 30.6. The van der Waals surface area contributed by atoms with E-state index in [-0.39, 0.29) is 11.6 Å². The van der Waals surface area contributed by atoms with Crippen LogP contribution in [0, 0.1) is 6.92 Å². The number of nitrogens with one attached hydrogen (secondary N) is 1. The lowest BCUT2D eigenvalue weighted by Crippen LogP contribution is -2.27. The predicted molar refractivity (Wildman–Crippen MR) is 92.2 cm³/mol. The van der Waals surface area contributed by atoms with E-state index < -0.39 is 18.0 Å². The van der Waals surface area contributed by atoms with Crippen LogP contribution >= 0.6 is 0 Å². The maximum atomic E-state index is 12.8. The standard InChI is InChI=1S/C19H16F2N4O2/c1-10-23-18(25-27-10)12-2-4-14-11(8-12)3-5-15(14)24-19(26)13-6-7-22-16(9-13)17(20)21/h2,4,6-9,15,17H,3,5H2,1H3,(H,24,26). The maximum Gasteiger partial charge on any atom is 0.280 e. The van der Waals surface area contributed by atoms with Gasteiger partial charge in [-0.3, -0.25) is 9.78 Å². The number of aromatic nitrogens is 3. The fourth-order valence-electron chi connectivity index (χ4n) is 3.27. The molecular formula is C19H16F2N4O2. The Morgan fingerprint density at radius 3 is 2.89 bits per heavy atom. The molecule has 6 nitrogen and oxygen atoms in total. The normalized spacial score (nSPS) is 15.8. The van der Waals surface area contributed by atoms with Gasteiger partial charge >= 0.3 is 0 Å². The molecule has 1 atom stereocenters. The highest BCUT2D eigenvalue weighted by Gasteiger charge is 2.25. The molecule has 4 rings (SSSR count). The second-order valence-corrected chi connectivity index (χ2v) is 6.39. The van der Waals surface area contributed by atoms with Crippen molar-refractivity contribution in [2.24, 2.45) is 0 Å². The molecule has 3 aromatic rings. The highest BCUT2D eigenvalue weighted by Crippen LogP contribution is 2.34. The van der Waals surface area contributed by atoms with E-state index in [0.717, 1.165) is 35.6 Å². The van der Waals surface area contributed by atoms with Crippen molar-refractivity contribution >= 4 is 5.91 Å². The number of carbonyl (C=O) groups is 1. The van der Waals surface area contributed by atoms with Crippen LogP contribution in [0.25, 0.3) is 11.4 Å². The largest absolute Gasteiger partial charge is 0.345 e. The quantitative estimate of drug-likeness (QED) is 0.756. The number of benzene rings is 1. The van der Waals surface area contributed by atoms with Crippen LogP contribution in [-0.4, -0.2) is 21.0 Å². The molecular weight excluding hydrogens is 354 g/mol. The smallest absolute Gasteiger partial charge is 0.280 e. The van der Waals surface area contributed by atoms with Gasteiger partial charge in [-0.25, -0.2) is 8.78 Å². The number of amides is 1. The summed E-state index contributed by atoms with van der Waals surface area (Å²) in [5.41, 5.74) is 2.73. The molecule has 1 aliphatic rings. The third-order valence-corrected chi connectivity index (χ3v) is 4.58. The number of fused-ring (bicyclic) bond motifs is 1. The minimum atomic E-state index is -2.71. The summed E-state index contributed by atoms with van der Waals surface area (Å²) in [6.07, 6.45) is 0.0433. The molecule has 0 saturated heterocycles. The molecule has 0 aliphatic heterocycles. The Balaban J connectivity index is 1.53. The van der Waals surface area contributed by atoms with Crippen LogP contribution in [0.5, 0.6) is 0 Å². The summed E-state index contributed by atoms with van der Waals surface area (Å²) in [4.78, 5) is 20.3. The number of alkyl halides is 2. The van der Waals surface area contributed by atoms with Crippen LogP contribution in [0.2, 0.25) is 0 Å². The van der Waals surface area contributed by atoms with Gasteiger partial charge in [0.1, 0.15) is 5.69 Å². The van der Waals surface area contributed by atoms with Crippen molar-refractivity contribution in [2.45, 2.75) is 32.2 Å². The number of hydrogen-bond acceptors (Lipinski definition) is 5. The van der Waals surface area contributed by atoms with Crippen molar-refractivity contribution in [3.05, 3.63) is 64.8 Å². The Bertz CT molecular complexity index is 1000. The molecule has 0 saturated carbocycles. The van der Waals surface area contributed by atoms with Gasteiger partial charge in [0.05, 0.1) is 6.04 Å². The van der Waals surface area contributed by atoms with Gasteiger partial charge < -0.3 is 9.84 Å². The molecule has 0 fully saturated rings. The zero-order valence-corrected chi connectivity index (χ0v) is 14.4. The Morgan fingerprint density at radius 2 is 2.15 bits per heavy atom. The summed E-state index contributed by atoms with van der Waals surface area (Å²) in [5.74, 6) is 0.630. The van der Waals surface area contributed by atoms with Crippen LogP contribution in [0.1, 0.15) is 52.0 Å². The molecule has 2 aromatic heterocycles. The van der Waals surface area contributed by atoms with Gasteiger partial charge in [0.2, 0.25) is 11.7 Å². The van der Waals surface area contributed by atoms with Gasteiger partial charge in [0, 0.05) is 24.2 Å². The first-order valence-corrected chi connectivity index (χ1v) is 8.50. The minimum absolute atomic E-state index is 0.170. The lowest BCUT2D eigenvalue weighted by molar-refractivity contribution is 0.0936. The van der Waals surface area contributed by atoms with E-state index in [9.17, 15) is 13.6 Å². The number of halogens is 2. The average Bonchev–Trinajstić information content (AvgIpc) is 3.28. The van der Waals surface area contributed by atoms with Crippen molar-refractivity contribution in [3.8, 4) is 11.4 Å². The topological polar surface area (TPSA) is 80.9 Å². The van der Waals surface area contributed by atoms with E-state index in [2.05, 4.69) is 20.4 Å². The van der Waals surface area contributed by atoms with E-state index in [1.807, 2.05) is 18.2 Å². The highest BCUT2D eigenvalue weighted by atomic mass is 19.3. The summed E-state index contributed by atoms with van der Waals surface area (Å²) >= 11 is 0. The van der Waals surface area contributed by atoms with E-state index in [0.29, 0.717) is 11.7 Å². The molecule has 27 heavy (non-hydrogen) atoms. The molecule has 8 heteroatoms. The number of nitrogens with zero attached hydrogens (tertiary/aromatic N) is 3. The van der Waals surface area contributed by atoms with Gasteiger partial charge in [0.25, 0.3) is 12.3 Å². The third kappa shape index (κ3) is 3.42. The summed E-state index contributed by atoms with van der Waals surface area (Å²) in [6, 6.07) is 8.20. The van der Waals surface area contributed by atoms with Crippen LogP contribution in [0.4, 0.5) is 8.78 Å². The number of carbonyl (C=O) groups excluding carboxylic acids is 1. The second kappa shape index (κ2) is 6.86. The Morgan fingerprint density at radius 1 is 1.30 bits per heavy atom. The average molecular weight is 370 g/mol. The Hall–Kier alpha value is -3.16. The highest BCUT2D eigenvalue weighted by molar-refractivity contribution is 5.94. The van der Waals surface area contributed by atoms with Crippen LogP contribution in [0.3, 0.4) is 0 Å². The number of hydrogen-bond donors (Lipinski definition) is 1. The lowest BCUT2D eigenvalue weighted by Gasteiger charge is -2.14. The molecule has 1 aromatic carbocycles. The Labute approximate surface area is 153 Å².